The SMILES string of the molecule is Cc1ccc(S(=O)(=O)Nc2ccc(NC(=O)C3CCNCC3)cc2)cc1. The Labute approximate surface area is 154 Å². The van der Waals surface area contributed by atoms with Crippen LogP contribution in [-0.4, -0.2) is 27.4 Å². The smallest absolute Gasteiger partial charge is 0.261 e. The van der Waals surface area contributed by atoms with Crippen LogP contribution < -0.4 is 15.4 Å². The van der Waals surface area contributed by atoms with E-state index in [1.165, 1.54) is 0 Å². The molecule has 2 aromatic rings. The second-order valence-corrected chi connectivity index (χ2v) is 8.19. The third-order valence-corrected chi connectivity index (χ3v) is 5.84. The topological polar surface area (TPSA) is 87.3 Å². The number of anilines is 2. The van der Waals surface area contributed by atoms with Gasteiger partial charge in [-0.1, -0.05) is 17.7 Å². The van der Waals surface area contributed by atoms with Crippen LogP contribution in [0.2, 0.25) is 0 Å². The largest absolute Gasteiger partial charge is 0.326 e. The van der Waals surface area contributed by atoms with E-state index in [4.69, 9.17) is 0 Å². The van der Waals surface area contributed by atoms with Gasteiger partial charge in [0.15, 0.2) is 0 Å². The highest BCUT2D eigenvalue weighted by Crippen LogP contribution is 2.20. The second-order valence-electron chi connectivity index (χ2n) is 6.51. The molecule has 1 heterocycles. The maximum atomic E-state index is 12.4. The van der Waals surface area contributed by atoms with Crippen molar-refractivity contribution in [3.63, 3.8) is 0 Å². The normalized spacial score (nSPS) is 15.4. The quantitative estimate of drug-likeness (QED) is 0.752. The highest BCUT2D eigenvalue weighted by molar-refractivity contribution is 7.92. The van der Waals surface area contributed by atoms with E-state index in [-0.39, 0.29) is 16.7 Å². The number of carbonyl (C=O) groups excluding carboxylic acids is 1. The minimum atomic E-state index is -3.63. The van der Waals surface area contributed by atoms with E-state index < -0.39 is 10.0 Å². The van der Waals surface area contributed by atoms with Gasteiger partial charge < -0.3 is 10.6 Å². The molecule has 138 valence electrons. The van der Waals surface area contributed by atoms with Gasteiger partial charge in [0.25, 0.3) is 10.0 Å². The molecule has 1 amide bonds. The number of nitrogens with one attached hydrogen (secondary N) is 3. The Bertz CT molecular complexity index is 856. The van der Waals surface area contributed by atoms with Crippen LogP contribution in [0, 0.1) is 12.8 Å². The average molecular weight is 373 g/mol. The van der Waals surface area contributed by atoms with Crippen LogP contribution in [0.15, 0.2) is 53.4 Å². The number of hydrogen-bond donors (Lipinski definition) is 3. The molecule has 0 aliphatic carbocycles. The molecule has 0 bridgehead atoms. The molecule has 1 aliphatic rings. The molecule has 3 N–H and O–H groups in total. The van der Waals surface area contributed by atoms with Crippen LogP contribution in [0.25, 0.3) is 0 Å². The zero-order valence-electron chi connectivity index (χ0n) is 14.7. The lowest BCUT2D eigenvalue weighted by Gasteiger charge is -2.21. The molecule has 1 fully saturated rings. The van der Waals surface area contributed by atoms with Gasteiger partial charge in [-0.3, -0.25) is 9.52 Å². The molecular formula is C19H23N3O3S. The van der Waals surface area contributed by atoms with Crippen LogP contribution in [0.5, 0.6) is 0 Å². The summed E-state index contributed by atoms with van der Waals surface area (Å²) in [6.07, 6.45) is 1.67. The summed E-state index contributed by atoms with van der Waals surface area (Å²) in [5.74, 6) is 0.0375. The summed E-state index contributed by atoms with van der Waals surface area (Å²) in [6.45, 7) is 3.62. The fraction of sp³-hybridized carbons (Fsp3) is 0.316. The predicted octanol–water partition coefficient (Wildman–Crippen LogP) is 2.73. The minimum absolute atomic E-state index is 0.0134. The number of carbonyl (C=O) groups is 1. The van der Waals surface area contributed by atoms with E-state index in [1.807, 2.05) is 6.92 Å². The highest BCUT2D eigenvalue weighted by Gasteiger charge is 2.21. The van der Waals surface area contributed by atoms with Gasteiger partial charge in [0, 0.05) is 17.3 Å². The van der Waals surface area contributed by atoms with Gasteiger partial charge in [-0.25, -0.2) is 8.42 Å². The van der Waals surface area contributed by atoms with Gasteiger partial charge in [0.05, 0.1) is 4.90 Å². The van der Waals surface area contributed by atoms with Crippen molar-refractivity contribution < 1.29 is 13.2 Å². The van der Waals surface area contributed by atoms with E-state index >= 15 is 0 Å². The van der Waals surface area contributed by atoms with Crippen molar-refractivity contribution in [3.8, 4) is 0 Å². The first-order chi connectivity index (χ1) is 12.4. The van der Waals surface area contributed by atoms with Gasteiger partial charge in [-0.05, 0) is 69.3 Å². The maximum Gasteiger partial charge on any atom is 0.261 e. The van der Waals surface area contributed by atoms with Crippen molar-refractivity contribution in [3.05, 3.63) is 54.1 Å². The first-order valence-corrected chi connectivity index (χ1v) is 10.1. The Hall–Kier alpha value is -2.38. The fourth-order valence-electron chi connectivity index (χ4n) is 2.88. The zero-order chi connectivity index (χ0) is 18.6. The van der Waals surface area contributed by atoms with Gasteiger partial charge in [0.2, 0.25) is 5.91 Å². The van der Waals surface area contributed by atoms with Crippen molar-refractivity contribution in [2.75, 3.05) is 23.1 Å². The first kappa shape index (κ1) is 18.4. The lowest BCUT2D eigenvalue weighted by molar-refractivity contribution is -0.120. The highest BCUT2D eigenvalue weighted by atomic mass is 32.2. The molecule has 3 rings (SSSR count). The lowest BCUT2D eigenvalue weighted by Crippen LogP contribution is -2.34. The number of rotatable bonds is 5. The summed E-state index contributed by atoms with van der Waals surface area (Å²) in [5.41, 5.74) is 2.11. The summed E-state index contributed by atoms with van der Waals surface area (Å²) < 4.78 is 27.3. The molecule has 0 spiro atoms. The Morgan fingerprint density at radius 2 is 1.54 bits per heavy atom. The van der Waals surface area contributed by atoms with Crippen LogP contribution in [-0.2, 0) is 14.8 Å². The van der Waals surface area contributed by atoms with Crippen LogP contribution in [0.1, 0.15) is 18.4 Å². The lowest BCUT2D eigenvalue weighted by atomic mass is 9.97. The van der Waals surface area contributed by atoms with Crippen molar-refractivity contribution in [2.24, 2.45) is 5.92 Å². The number of aryl methyl sites for hydroxylation is 1. The molecule has 0 radical (unpaired) electrons. The molecular weight excluding hydrogens is 350 g/mol. The molecule has 7 heteroatoms. The summed E-state index contributed by atoms with van der Waals surface area (Å²) in [7, 11) is -3.63. The van der Waals surface area contributed by atoms with Crippen LogP contribution >= 0.6 is 0 Å². The second kappa shape index (κ2) is 7.88. The molecule has 26 heavy (non-hydrogen) atoms. The van der Waals surface area contributed by atoms with E-state index in [0.717, 1.165) is 31.5 Å². The number of sulfonamides is 1. The standard InChI is InChI=1S/C19H23N3O3S/c1-14-2-8-18(9-3-14)26(24,25)22-17-6-4-16(5-7-17)21-19(23)15-10-12-20-13-11-15/h2-9,15,20,22H,10-13H2,1H3,(H,21,23). The van der Waals surface area contributed by atoms with Gasteiger partial charge >= 0.3 is 0 Å². The number of hydrogen-bond acceptors (Lipinski definition) is 4. The molecule has 1 aliphatic heterocycles. The Balaban J connectivity index is 1.63. The Morgan fingerprint density at radius 3 is 2.15 bits per heavy atom. The van der Waals surface area contributed by atoms with E-state index in [1.54, 1.807) is 48.5 Å². The molecule has 6 nitrogen and oxygen atoms in total. The van der Waals surface area contributed by atoms with Crippen LogP contribution in [0.4, 0.5) is 11.4 Å². The summed E-state index contributed by atoms with van der Waals surface area (Å²) in [5, 5.41) is 6.13. The van der Waals surface area contributed by atoms with Gasteiger partial charge in [0.1, 0.15) is 0 Å². The van der Waals surface area contributed by atoms with Crippen molar-refractivity contribution >= 4 is 27.3 Å². The molecule has 0 aromatic heterocycles. The van der Waals surface area contributed by atoms with Crippen LogP contribution in [0.3, 0.4) is 0 Å². The summed E-state index contributed by atoms with van der Waals surface area (Å²) in [4.78, 5) is 12.5. The number of benzene rings is 2. The van der Waals surface area contributed by atoms with Gasteiger partial charge in [-0.15, -0.1) is 0 Å². The minimum Gasteiger partial charge on any atom is -0.326 e. The molecule has 2 aromatic carbocycles. The van der Waals surface area contributed by atoms with E-state index in [9.17, 15) is 13.2 Å². The first-order valence-electron chi connectivity index (χ1n) is 8.65. The fourth-order valence-corrected chi connectivity index (χ4v) is 3.94. The van der Waals surface area contributed by atoms with Crippen molar-refractivity contribution in [1.82, 2.24) is 5.32 Å². The third kappa shape index (κ3) is 4.62. The maximum absolute atomic E-state index is 12.4. The summed E-state index contributed by atoms with van der Waals surface area (Å²) >= 11 is 0. The number of amides is 1. The monoisotopic (exact) mass is 373 g/mol. The van der Waals surface area contributed by atoms with E-state index in [0.29, 0.717) is 11.4 Å². The van der Waals surface area contributed by atoms with Crippen molar-refractivity contribution in [1.29, 1.82) is 0 Å². The summed E-state index contributed by atoms with van der Waals surface area (Å²) in [6, 6.07) is 13.4. The predicted molar refractivity (Wildman–Crippen MR) is 103 cm³/mol. The molecule has 0 atom stereocenters. The zero-order valence-corrected chi connectivity index (χ0v) is 15.5. The third-order valence-electron chi connectivity index (χ3n) is 4.45. The van der Waals surface area contributed by atoms with Gasteiger partial charge in [-0.2, -0.15) is 0 Å². The molecule has 0 unspecified atom stereocenters. The van der Waals surface area contributed by atoms with E-state index in [2.05, 4.69) is 15.4 Å². The Morgan fingerprint density at radius 1 is 0.962 bits per heavy atom. The molecule has 0 saturated carbocycles. The number of piperidine rings is 1. The molecule has 1 saturated heterocycles. The van der Waals surface area contributed by atoms with Crippen molar-refractivity contribution in [2.45, 2.75) is 24.7 Å². The average Bonchev–Trinajstić information content (AvgIpc) is 2.64. The Kier molecular flexibility index (Phi) is 5.58.